The van der Waals surface area contributed by atoms with Crippen molar-refractivity contribution < 1.29 is 0 Å². The Morgan fingerprint density at radius 2 is 2.10 bits per heavy atom. The molecule has 0 spiro atoms. The molecule has 0 aliphatic carbocycles. The van der Waals surface area contributed by atoms with Gasteiger partial charge >= 0.3 is 0 Å². The van der Waals surface area contributed by atoms with E-state index in [4.69, 9.17) is 11.6 Å². The minimum Gasteiger partial charge on any atom is -0.331 e. The fourth-order valence-corrected chi connectivity index (χ4v) is 2.99. The highest BCUT2D eigenvalue weighted by atomic mass is 35.5. The third kappa shape index (κ3) is 2.81. The van der Waals surface area contributed by atoms with E-state index < -0.39 is 0 Å². The van der Waals surface area contributed by atoms with Crippen LogP contribution in [-0.4, -0.2) is 9.97 Å². The van der Waals surface area contributed by atoms with Gasteiger partial charge in [0, 0.05) is 23.6 Å². The minimum absolute atomic E-state index is 0.660. The normalized spacial score (nSPS) is 10.5. The second-order valence-electron chi connectivity index (χ2n) is 4.38. The fraction of sp³-hybridized carbons (Fsp3) is 0.0667. The Bertz CT molecular complexity index is 725. The van der Waals surface area contributed by atoms with Crippen LogP contribution in [0.15, 0.2) is 48.8 Å². The fourth-order valence-electron chi connectivity index (χ4n) is 1.88. The molecular weight excluding hydrogens is 290 g/mol. The molecule has 0 atom stereocenters. The maximum atomic E-state index is 6.27. The number of nitrogens with zero attached hydrogens (tertiary/aromatic N) is 2. The van der Waals surface area contributed by atoms with E-state index in [-0.39, 0.29) is 0 Å². The molecule has 2 heterocycles. The van der Waals surface area contributed by atoms with Crippen molar-refractivity contribution in [3.05, 3.63) is 58.7 Å². The standard InChI is InChI=1S/C15H12ClN3S/c1-10-4-2-6-12(8-10)18-15-19-13(14(16)20-15)11-5-3-7-17-9-11/h2-9H,1H3,(H,18,19). The number of thiazole rings is 1. The van der Waals surface area contributed by atoms with E-state index in [2.05, 4.69) is 34.3 Å². The average molecular weight is 302 g/mol. The Morgan fingerprint density at radius 3 is 2.85 bits per heavy atom. The van der Waals surface area contributed by atoms with Crippen molar-refractivity contribution in [1.82, 2.24) is 9.97 Å². The van der Waals surface area contributed by atoms with Crippen molar-refractivity contribution in [2.24, 2.45) is 0 Å². The number of aromatic nitrogens is 2. The van der Waals surface area contributed by atoms with E-state index in [0.717, 1.165) is 22.1 Å². The molecule has 0 aliphatic rings. The molecule has 3 rings (SSSR count). The zero-order valence-corrected chi connectivity index (χ0v) is 12.4. The van der Waals surface area contributed by atoms with Crippen LogP contribution in [0.2, 0.25) is 4.34 Å². The first-order valence-corrected chi connectivity index (χ1v) is 7.32. The van der Waals surface area contributed by atoms with Gasteiger partial charge in [-0.3, -0.25) is 4.98 Å². The van der Waals surface area contributed by atoms with Gasteiger partial charge in [0.05, 0.1) is 0 Å². The van der Waals surface area contributed by atoms with Crippen LogP contribution >= 0.6 is 22.9 Å². The molecule has 3 nitrogen and oxygen atoms in total. The predicted molar refractivity (Wildman–Crippen MR) is 84.8 cm³/mol. The topological polar surface area (TPSA) is 37.8 Å². The smallest absolute Gasteiger partial charge is 0.189 e. The Kier molecular flexibility index (Phi) is 3.67. The molecule has 0 radical (unpaired) electrons. The maximum absolute atomic E-state index is 6.27. The molecule has 3 aromatic rings. The van der Waals surface area contributed by atoms with Crippen molar-refractivity contribution in [3.8, 4) is 11.3 Å². The number of pyridine rings is 1. The van der Waals surface area contributed by atoms with Crippen molar-refractivity contribution in [1.29, 1.82) is 0 Å². The monoisotopic (exact) mass is 301 g/mol. The van der Waals surface area contributed by atoms with Crippen LogP contribution in [0.25, 0.3) is 11.3 Å². The number of nitrogens with one attached hydrogen (secondary N) is 1. The lowest BCUT2D eigenvalue weighted by molar-refractivity contribution is 1.30. The first-order valence-electron chi connectivity index (χ1n) is 6.13. The highest BCUT2D eigenvalue weighted by molar-refractivity contribution is 7.20. The second-order valence-corrected chi connectivity index (χ2v) is 5.98. The van der Waals surface area contributed by atoms with E-state index in [9.17, 15) is 0 Å². The number of aryl methyl sites for hydroxylation is 1. The van der Waals surface area contributed by atoms with Gasteiger partial charge in [-0.05, 0) is 36.8 Å². The van der Waals surface area contributed by atoms with Gasteiger partial charge in [0.25, 0.3) is 0 Å². The van der Waals surface area contributed by atoms with Gasteiger partial charge in [-0.15, -0.1) is 0 Å². The number of rotatable bonds is 3. The number of benzene rings is 1. The van der Waals surface area contributed by atoms with Crippen molar-refractivity contribution in [2.75, 3.05) is 5.32 Å². The van der Waals surface area contributed by atoms with Gasteiger partial charge in [-0.1, -0.05) is 35.1 Å². The summed E-state index contributed by atoms with van der Waals surface area (Å²) in [6, 6.07) is 12.0. The second kappa shape index (κ2) is 5.61. The summed E-state index contributed by atoms with van der Waals surface area (Å²) in [4.78, 5) is 8.63. The number of halogens is 1. The summed E-state index contributed by atoms with van der Waals surface area (Å²) in [6.07, 6.45) is 3.49. The quantitative estimate of drug-likeness (QED) is 0.747. The van der Waals surface area contributed by atoms with Crippen LogP contribution in [0.3, 0.4) is 0 Å². The molecule has 100 valence electrons. The van der Waals surface area contributed by atoms with E-state index in [1.165, 1.54) is 16.9 Å². The summed E-state index contributed by atoms with van der Waals surface area (Å²) >= 11 is 7.69. The van der Waals surface area contributed by atoms with Gasteiger partial charge in [0.1, 0.15) is 10.0 Å². The molecule has 0 fully saturated rings. The number of hydrogen-bond donors (Lipinski definition) is 1. The molecule has 1 N–H and O–H groups in total. The van der Waals surface area contributed by atoms with Crippen molar-refractivity contribution in [3.63, 3.8) is 0 Å². The molecule has 0 unspecified atom stereocenters. The van der Waals surface area contributed by atoms with Gasteiger partial charge in [-0.2, -0.15) is 0 Å². The van der Waals surface area contributed by atoms with E-state index in [1.54, 1.807) is 12.4 Å². The van der Waals surface area contributed by atoms with Gasteiger partial charge < -0.3 is 5.32 Å². The van der Waals surface area contributed by atoms with Crippen molar-refractivity contribution >= 4 is 33.8 Å². The summed E-state index contributed by atoms with van der Waals surface area (Å²) in [5, 5.41) is 4.06. The zero-order valence-electron chi connectivity index (χ0n) is 10.8. The highest BCUT2D eigenvalue weighted by Gasteiger charge is 2.11. The summed E-state index contributed by atoms with van der Waals surface area (Å²) in [7, 11) is 0. The third-order valence-electron chi connectivity index (χ3n) is 2.79. The Labute approximate surface area is 126 Å². The highest BCUT2D eigenvalue weighted by Crippen LogP contribution is 2.36. The summed E-state index contributed by atoms with van der Waals surface area (Å²) in [5.74, 6) is 0. The number of anilines is 2. The molecule has 0 amide bonds. The first kappa shape index (κ1) is 13.1. The molecule has 2 aromatic heterocycles. The van der Waals surface area contributed by atoms with E-state index in [0.29, 0.717) is 4.34 Å². The molecular formula is C15H12ClN3S. The lowest BCUT2D eigenvalue weighted by Crippen LogP contribution is -1.90. The van der Waals surface area contributed by atoms with Crippen LogP contribution in [0.5, 0.6) is 0 Å². The zero-order chi connectivity index (χ0) is 13.9. The predicted octanol–water partition coefficient (Wildman–Crippen LogP) is 4.91. The first-order chi connectivity index (χ1) is 9.72. The average Bonchev–Trinajstić information content (AvgIpc) is 2.80. The van der Waals surface area contributed by atoms with E-state index in [1.807, 2.05) is 24.3 Å². The minimum atomic E-state index is 0.660. The molecule has 1 aromatic carbocycles. The third-order valence-corrected chi connectivity index (χ3v) is 3.96. The molecule has 0 saturated heterocycles. The largest absolute Gasteiger partial charge is 0.331 e. The Balaban J connectivity index is 1.90. The Hall–Kier alpha value is -1.91. The summed E-state index contributed by atoms with van der Waals surface area (Å²) in [6.45, 7) is 2.06. The van der Waals surface area contributed by atoms with Gasteiger partial charge in [0.15, 0.2) is 5.13 Å². The number of hydrogen-bond acceptors (Lipinski definition) is 4. The van der Waals surface area contributed by atoms with Crippen LogP contribution in [-0.2, 0) is 0 Å². The maximum Gasteiger partial charge on any atom is 0.189 e. The van der Waals surface area contributed by atoms with E-state index >= 15 is 0 Å². The summed E-state index contributed by atoms with van der Waals surface area (Å²) < 4.78 is 0.660. The lowest BCUT2D eigenvalue weighted by Gasteiger charge is -2.02. The SMILES string of the molecule is Cc1cccc(Nc2nc(-c3cccnc3)c(Cl)s2)c1. The molecule has 20 heavy (non-hydrogen) atoms. The van der Waals surface area contributed by atoms with Crippen LogP contribution in [0.4, 0.5) is 10.8 Å². The molecule has 0 aliphatic heterocycles. The van der Waals surface area contributed by atoms with Crippen LogP contribution in [0.1, 0.15) is 5.56 Å². The summed E-state index contributed by atoms with van der Waals surface area (Å²) in [5.41, 5.74) is 3.89. The lowest BCUT2D eigenvalue weighted by atomic mass is 10.2. The Morgan fingerprint density at radius 1 is 1.20 bits per heavy atom. The van der Waals surface area contributed by atoms with Gasteiger partial charge in [-0.25, -0.2) is 4.98 Å². The van der Waals surface area contributed by atoms with Crippen molar-refractivity contribution in [2.45, 2.75) is 6.92 Å². The molecule has 5 heteroatoms. The van der Waals surface area contributed by atoms with Gasteiger partial charge in [0.2, 0.25) is 0 Å². The van der Waals surface area contributed by atoms with Crippen LogP contribution in [0, 0.1) is 6.92 Å². The molecule has 0 bridgehead atoms. The molecule has 0 saturated carbocycles. The van der Waals surface area contributed by atoms with Crippen LogP contribution < -0.4 is 5.32 Å².